The molecule has 0 aromatic carbocycles. The van der Waals surface area contributed by atoms with Crippen molar-refractivity contribution in [3.63, 3.8) is 0 Å². The summed E-state index contributed by atoms with van der Waals surface area (Å²) in [5, 5.41) is 14.7. The molecule has 6 heterocycles. The Labute approximate surface area is 315 Å². The van der Waals surface area contributed by atoms with Crippen LogP contribution in [-0.2, 0) is 9.53 Å². The standard InChI is InChI=1S/C23H30N8O.C15H21N3O4/c1-29(2)22(32)19-11-15-12-26-23(28-21(15)31(19)17-5-3-4-6-17)27-20-8-7-18(13-25-20)30-10-9-16(24)14-30;1-15(2,3)22-14(19)8-11-6-7-17(10-11)12-4-5-13(16-9-12)18(20)21/h7-8,11-13,16-17H,3-6,9-10,14,24H2,1-2H3,(H,25,26,27,28);4-5,9,11H,6-8,10H2,1-3H3. The van der Waals surface area contributed by atoms with Crippen molar-refractivity contribution in [1.29, 1.82) is 0 Å². The molecule has 288 valence electrons. The zero-order chi connectivity index (χ0) is 38.6. The third-order valence-corrected chi connectivity index (χ3v) is 9.91. The minimum atomic E-state index is -0.515. The number of esters is 1. The van der Waals surface area contributed by atoms with Crippen LogP contribution in [0.1, 0.15) is 82.2 Å². The lowest BCUT2D eigenvalue weighted by atomic mass is 10.1. The summed E-state index contributed by atoms with van der Waals surface area (Å²) >= 11 is 0. The van der Waals surface area contributed by atoms with Gasteiger partial charge in [-0.3, -0.25) is 9.59 Å². The van der Waals surface area contributed by atoms with Crippen LogP contribution in [0.3, 0.4) is 0 Å². The Balaban J connectivity index is 0.000000199. The molecule has 2 aliphatic heterocycles. The number of nitrogens with zero attached hydrogens (tertiary/aromatic N) is 9. The summed E-state index contributed by atoms with van der Waals surface area (Å²) in [5.74, 6) is 1.05. The second-order valence-corrected chi connectivity index (χ2v) is 15.6. The Morgan fingerprint density at radius 2 is 1.65 bits per heavy atom. The van der Waals surface area contributed by atoms with E-state index in [-0.39, 0.29) is 29.7 Å². The third-order valence-electron chi connectivity index (χ3n) is 9.91. The number of fused-ring (bicyclic) bond motifs is 1. The van der Waals surface area contributed by atoms with Crippen molar-refractivity contribution < 1.29 is 19.2 Å². The molecule has 0 spiro atoms. The molecule has 0 radical (unpaired) electrons. The zero-order valence-electron chi connectivity index (χ0n) is 31.8. The van der Waals surface area contributed by atoms with Crippen molar-refractivity contribution in [2.45, 2.75) is 83.4 Å². The van der Waals surface area contributed by atoms with Crippen molar-refractivity contribution in [1.82, 2.24) is 29.4 Å². The predicted molar refractivity (Wildman–Crippen MR) is 207 cm³/mol. The Kier molecular flexibility index (Phi) is 11.6. The average Bonchev–Trinajstić information content (AvgIpc) is 3.95. The van der Waals surface area contributed by atoms with Gasteiger partial charge in [-0.1, -0.05) is 12.8 Å². The maximum atomic E-state index is 12.8. The summed E-state index contributed by atoms with van der Waals surface area (Å²) in [6.45, 7) is 8.94. The molecule has 4 aromatic heterocycles. The molecule has 3 fully saturated rings. The first kappa shape index (κ1) is 38.3. The van der Waals surface area contributed by atoms with E-state index in [9.17, 15) is 19.7 Å². The first-order valence-corrected chi connectivity index (χ1v) is 18.6. The quantitative estimate of drug-likeness (QED) is 0.125. The minimum absolute atomic E-state index is 0.0108. The average molecular weight is 742 g/mol. The van der Waals surface area contributed by atoms with Crippen LogP contribution in [-0.4, -0.2) is 98.1 Å². The highest BCUT2D eigenvalue weighted by Gasteiger charge is 2.29. The zero-order valence-corrected chi connectivity index (χ0v) is 31.8. The second-order valence-electron chi connectivity index (χ2n) is 15.6. The predicted octanol–water partition coefficient (Wildman–Crippen LogP) is 5.47. The van der Waals surface area contributed by atoms with E-state index in [0.29, 0.717) is 29.9 Å². The van der Waals surface area contributed by atoms with E-state index in [0.717, 1.165) is 74.3 Å². The normalized spacial score (nSPS) is 18.8. The maximum absolute atomic E-state index is 12.8. The van der Waals surface area contributed by atoms with Crippen molar-refractivity contribution in [2.75, 3.05) is 55.4 Å². The molecule has 2 atom stereocenters. The van der Waals surface area contributed by atoms with Gasteiger partial charge >= 0.3 is 11.8 Å². The van der Waals surface area contributed by atoms with Crippen LogP contribution < -0.4 is 20.9 Å². The molecular weight excluding hydrogens is 690 g/mol. The summed E-state index contributed by atoms with van der Waals surface area (Å²) in [7, 11) is 3.56. The number of carbonyl (C=O) groups excluding carboxylic acids is 2. The van der Waals surface area contributed by atoms with E-state index in [1.54, 1.807) is 31.3 Å². The number of carbonyl (C=O) groups is 2. The summed E-state index contributed by atoms with van der Waals surface area (Å²) in [6, 6.07) is 9.50. The number of nitro groups is 1. The topological polar surface area (TPSA) is 191 Å². The summed E-state index contributed by atoms with van der Waals surface area (Å²) in [6.07, 6.45) is 11.9. The van der Waals surface area contributed by atoms with Crippen molar-refractivity contribution in [3.05, 3.63) is 64.7 Å². The number of hydrogen-bond donors (Lipinski definition) is 2. The third kappa shape index (κ3) is 9.40. The first-order chi connectivity index (χ1) is 25.7. The SMILES string of the molecule is CC(C)(C)OC(=O)CC1CCN(c2ccc([N+](=O)[O-])nc2)C1.CN(C)C(=O)c1cc2cnc(Nc3ccc(N4CCC(N)C4)cn3)nc2n1C1CCCC1. The fourth-order valence-corrected chi connectivity index (χ4v) is 7.30. The highest BCUT2D eigenvalue weighted by Crippen LogP contribution is 2.35. The molecule has 16 heteroatoms. The summed E-state index contributed by atoms with van der Waals surface area (Å²) < 4.78 is 7.45. The minimum Gasteiger partial charge on any atom is -0.460 e. The van der Waals surface area contributed by atoms with E-state index in [1.807, 2.05) is 45.2 Å². The smallest absolute Gasteiger partial charge is 0.363 e. The van der Waals surface area contributed by atoms with E-state index in [4.69, 9.17) is 15.5 Å². The Morgan fingerprint density at radius 3 is 2.24 bits per heavy atom. The number of rotatable bonds is 9. The first-order valence-electron chi connectivity index (χ1n) is 18.6. The second kappa shape index (κ2) is 16.3. The van der Waals surface area contributed by atoms with Crippen LogP contribution in [0.4, 0.5) is 29.0 Å². The Bertz CT molecular complexity index is 1940. The van der Waals surface area contributed by atoms with Gasteiger partial charge in [-0.05, 0) is 86.5 Å². The lowest BCUT2D eigenvalue weighted by molar-refractivity contribution is -0.389. The van der Waals surface area contributed by atoms with E-state index in [2.05, 4.69) is 34.6 Å². The highest BCUT2D eigenvalue weighted by atomic mass is 16.6. The number of nitrogens with two attached hydrogens (primary N) is 1. The molecule has 1 saturated carbocycles. The van der Waals surface area contributed by atoms with Crippen LogP contribution in [0, 0.1) is 16.0 Å². The van der Waals surface area contributed by atoms with E-state index < -0.39 is 10.5 Å². The van der Waals surface area contributed by atoms with Gasteiger partial charge in [0.25, 0.3) is 5.91 Å². The fourth-order valence-electron chi connectivity index (χ4n) is 7.30. The van der Waals surface area contributed by atoms with Crippen LogP contribution in [0.2, 0.25) is 0 Å². The molecule has 7 rings (SSSR count). The lowest BCUT2D eigenvalue weighted by Gasteiger charge is -2.21. The monoisotopic (exact) mass is 741 g/mol. The molecule has 4 aromatic rings. The van der Waals surface area contributed by atoms with Crippen molar-refractivity contribution >= 4 is 51.9 Å². The molecule has 2 saturated heterocycles. The van der Waals surface area contributed by atoms with E-state index in [1.165, 1.54) is 25.1 Å². The lowest BCUT2D eigenvalue weighted by Crippen LogP contribution is -2.26. The van der Waals surface area contributed by atoms with Crippen molar-refractivity contribution in [2.24, 2.45) is 11.7 Å². The van der Waals surface area contributed by atoms with Gasteiger partial charge in [0.05, 0.1) is 24.0 Å². The van der Waals surface area contributed by atoms with E-state index >= 15 is 0 Å². The maximum Gasteiger partial charge on any atom is 0.363 e. The van der Waals surface area contributed by atoms with Gasteiger partial charge in [-0.15, -0.1) is 0 Å². The Morgan fingerprint density at radius 1 is 0.963 bits per heavy atom. The van der Waals surface area contributed by atoms with Gasteiger partial charge in [0, 0.05) is 70.0 Å². The van der Waals surface area contributed by atoms with Gasteiger partial charge < -0.3 is 45.2 Å². The van der Waals surface area contributed by atoms with Crippen molar-refractivity contribution in [3.8, 4) is 0 Å². The number of nitrogens with one attached hydrogen (secondary N) is 1. The van der Waals surface area contributed by atoms with Crippen LogP contribution in [0.25, 0.3) is 11.0 Å². The molecule has 16 nitrogen and oxygen atoms in total. The molecule has 3 aliphatic rings. The van der Waals surface area contributed by atoms with Crippen LogP contribution >= 0.6 is 0 Å². The molecule has 2 unspecified atom stereocenters. The molecule has 0 bridgehead atoms. The largest absolute Gasteiger partial charge is 0.460 e. The molecule has 1 aliphatic carbocycles. The van der Waals surface area contributed by atoms with Gasteiger partial charge in [0.15, 0.2) is 6.20 Å². The van der Waals surface area contributed by atoms with Gasteiger partial charge in [0.2, 0.25) is 5.95 Å². The molecule has 1 amide bonds. The number of pyridine rings is 2. The van der Waals surface area contributed by atoms with Gasteiger partial charge in [-0.25, -0.2) is 9.97 Å². The molecule has 3 N–H and O–H groups in total. The summed E-state index contributed by atoms with van der Waals surface area (Å²) in [5.41, 5.74) is 8.94. The number of aromatic nitrogens is 5. The van der Waals surface area contributed by atoms with Gasteiger partial charge in [0.1, 0.15) is 22.8 Å². The number of ether oxygens (including phenoxy) is 1. The number of anilines is 4. The van der Waals surface area contributed by atoms with Crippen LogP contribution in [0.5, 0.6) is 0 Å². The highest BCUT2D eigenvalue weighted by molar-refractivity contribution is 5.98. The number of amides is 1. The van der Waals surface area contributed by atoms with Crippen LogP contribution in [0.15, 0.2) is 48.9 Å². The Hall–Kier alpha value is -5.38. The molecule has 54 heavy (non-hydrogen) atoms. The fraction of sp³-hybridized carbons (Fsp3) is 0.526. The molecular formula is C38H51N11O5. The summed E-state index contributed by atoms with van der Waals surface area (Å²) in [4.78, 5) is 58.4. The van der Waals surface area contributed by atoms with Gasteiger partial charge in [-0.2, -0.15) is 4.98 Å². The number of hydrogen-bond acceptors (Lipinski definition) is 13.